The number of hydrogen-bond donors (Lipinski definition) is 0. The molecule has 1 aliphatic heterocycles. The summed E-state index contributed by atoms with van der Waals surface area (Å²) < 4.78 is 34.0. The summed E-state index contributed by atoms with van der Waals surface area (Å²) in [5.74, 6) is 1.04. The topological polar surface area (TPSA) is 85.8 Å². The number of hydrogen-bond acceptors (Lipinski definition) is 6. The van der Waals surface area contributed by atoms with Crippen molar-refractivity contribution in [1.82, 2.24) is 9.88 Å². The lowest BCUT2D eigenvalue weighted by Gasteiger charge is -2.34. The van der Waals surface area contributed by atoms with Crippen LogP contribution in [0.15, 0.2) is 47.5 Å². The first kappa shape index (κ1) is 21.1. The molecule has 1 fully saturated rings. The van der Waals surface area contributed by atoms with Crippen molar-refractivity contribution in [2.45, 2.75) is 30.8 Å². The zero-order valence-corrected chi connectivity index (χ0v) is 17.7. The van der Waals surface area contributed by atoms with Crippen LogP contribution in [-0.2, 0) is 14.6 Å². The summed E-state index contributed by atoms with van der Waals surface area (Å²) in [6.45, 7) is 3.38. The number of rotatable bonds is 5. The minimum Gasteiger partial charge on any atom is -0.489 e. The predicted octanol–water partition coefficient (Wildman–Crippen LogP) is 3.40. The summed E-state index contributed by atoms with van der Waals surface area (Å²) in [5, 5.41) is 0. The predicted molar refractivity (Wildman–Crippen MR) is 110 cm³/mol. The largest absolute Gasteiger partial charge is 0.489 e. The van der Waals surface area contributed by atoms with Crippen LogP contribution in [0.1, 0.15) is 19.8 Å². The normalized spacial score (nSPS) is 16.3. The lowest BCUT2D eigenvalue weighted by molar-refractivity contribution is 0.0732. The van der Waals surface area contributed by atoms with Gasteiger partial charge < -0.3 is 14.4 Å². The number of pyridine rings is 1. The zero-order chi connectivity index (χ0) is 21.0. The van der Waals surface area contributed by atoms with Gasteiger partial charge in [0, 0.05) is 24.9 Å². The van der Waals surface area contributed by atoms with E-state index in [1.54, 1.807) is 35.4 Å². The van der Waals surface area contributed by atoms with Gasteiger partial charge in [-0.15, -0.1) is 0 Å². The van der Waals surface area contributed by atoms with Crippen molar-refractivity contribution < 1.29 is 22.7 Å². The molecule has 0 bridgehead atoms. The third-order valence-electron chi connectivity index (χ3n) is 5.27. The average molecular weight is 419 g/mol. The van der Waals surface area contributed by atoms with Crippen molar-refractivity contribution in [2.24, 2.45) is 5.92 Å². The highest BCUT2D eigenvalue weighted by atomic mass is 32.2. The molecule has 1 atom stereocenters. The maximum absolute atomic E-state index is 11.6. The molecule has 0 aliphatic carbocycles. The van der Waals surface area contributed by atoms with Gasteiger partial charge in [0.2, 0.25) is 0 Å². The summed E-state index contributed by atoms with van der Waals surface area (Å²) in [7, 11) is -1.81. The molecule has 3 rings (SSSR count). The molecule has 29 heavy (non-hydrogen) atoms. The van der Waals surface area contributed by atoms with E-state index in [2.05, 4.69) is 4.98 Å². The number of amides is 1. The number of carbonyl (C=O) groups excluding carboxylic acids is 1. The van der Waals surface area contributed by atoms with Gasteiger partial charge in [-0.25, -0.2) is 13.2 Å². The van der Waals surface area contributed by atoms with Crippen LogP contribution in [0.4, 0.5) is 4.79 Å². The zero-order valence-electron chi connectivity index (χ0n) is 16.9. The van der Waals surface area contributed by atoms with Gasteiger partial charge in [0.05, 0.1) is 30.0 Å². The van der Waals surface area contributed by atoms with E-state index < -0.39 is 9.84 Å². The average Bonchev–Trinajstić information content (AvgIpc) is 2.73. The van der Waals surface area contributed by atoms with Crippen LogP contribution in [0.25, 0.3) is 11.3 Å². The summed E-state index contributed by atoms with van der Waals surface area (Å²) in [4.78, 5) is 18.0. The van der Waals surface area contributed by atoms with E-state index in [0.717, 1.165) is 24.1 Å². The van der Waals surface area contributed by atoms with Gasteiger partial charge in [0.1, 0.15) is 5.75 Å². The molecule has 1 aromatic carbocycles. The van der Waals surface area contributed by atoms with E-state index in [-0.39, 0.29) is 17.1 Å². The van der Waals surface area contributed by atoms with E-state index >= 15 is 0 Å². The number of methoxy groups -OCH3 is 1. The molecule has 0 spiro atoms. The molecule has 0 saturated carbocycles. The molecule has 2 heterocycles. The Balaban J connectivity index is 1.59. The number of sulfone groups is 1. The Morgan fingerprint density at radius 1 is 1.14 bits per heavy atom. The summed E-state index contributed by atoms with van der Waals surface area (Å²) in [6, 6.07) is 10.4. The molecule has 1 aromatic heterocycles. The first-order chi connectivity index (χ1) is 13.8. The lowest BCUT2D eigenvalue weighted by atomic mass is 9.92. The van der Waals surface area contributed by atoms with Gasteiger partial charge in [-0.2, -0.15) is 0 Å². The Hall–Kier alpha value is -2.61. The minimum atomic E-state index is -3.21. The van der Waals surface area contributed by atoms with Gasteiger partial charge in [0.15, 0.2) is 9.84 Å². The van der Waals surface area contributed by atoms with Gasteiger partial charge in [0.25, 0.3) is 0 Å². The van der Waals surface area contributed by atoms with Crippen LogP contribution in [0.2, 0.25) is 0 Å². The van der Waals surface area contributed by atoms with Crippen molar-refractivity contribution >= 4 is 15.9 Å². The third-order valence-corrected chi connectivity index (χ3v) is 6.40. The van der Waals surface area contributed by atoms with Crippen LogP contribution in [0, 0.1) is 5.92 Å². The molecule has 156 valence electrons. The van der Waals surface area contributed by atoms with Crippen molar-refractivity contribution in [3.63, 3.8) is 0 Å². The fraction of sp³-hybridized carbons (Fsp3) is 0.429. The van der Waals surface area contributed by atoms with E-state index in [9.17, 15) is 13.2 Å². The van der Waals surface area contributed by atoms with Crippen LogP contribution >= 0.6 is 0 Å². The van der Waals surface area contributed by atoms with E-state index in [4.69, 9.17) is 9.47 Å². The molecule has 1 unspecified atom stereocenters. The highest BCUT2D eigenvalue weighted by Crippen LogP contribution is 2.26. The molecule has 0 radical (unpaired) electrons. The summed E-state index contributed by atoms with van der Waals surface area (Å²) >= 11 is 0. The second-order valence-electron chi connectivity index (χ2n) is 7.29. The number of likely N-dealkylation sites (tertiary alicyclic amines) is 1. The Labute approximate surface area is 171 Å². The van der Waals surface area contributed by atoms with Gasteiger partial charge in [-0.1, -0.05) is 12.1 Å². The molecule has 8 heteroatoms. The Morgan fingerprint density at radius 3 is 2.31 bits per heavy atom. The van der Waals surface area contributed by atoms with Gasteiger partial charge in [-0.05, 0) is 49.9 Å². The highest BCUT2D eigenvalue weighted by molar-refractivity contribution is 7.90. The van der Waals surface area contributed by atoms with Gasteiger partial charge in [-0.3, -0.25) is 4.98 Å². The van der Waals surface area contributed by atoms with E-state index in [1.165, 1.54) is 13.4 Å². The first-order valence-electron chi connectivity index (χ1n) is 9.54. The van der Waals surface area contributed by atoms with Crippen LogP contribution in [-0.4, -0.2) is 57.0 Å². The molecular formula is C21H26N2O5S. The maximum atomic E-state index is 11.6. The van der Waals surface area contributed by atoms with Crippen LogP contribution in [0.5, 0.6) is 5.75 Å². The Morgan fingerprint density at radius 2 is 1.79 bits per heavy atom. The molecule has 0 N–H and O–H groups in total. The van der Waals surface area contributed by atoms with Gasteiger partial charge >= 0.3 is 6.09 Å². The monoisotopic (exact) mass is 418 g/mol. The fourth-order valence-electron chi connectivity index (χ4n) is 3.49. The smallest absolute Gasteiger partial charge is 0.409 e. The van der Waals surface area contributed by atoms with Crippen molar-refractivity contribution in [3.05, 3.63) is 42.6 Å². The summed E-state index contributed by atoms with van der Waals surface area (Å²) in [5.41, 5.74) is 1.59. The molecule has 7 nitrogen and oxygen atoms in total. The standard InChI is InChI=1S/C21H26N2O5S/c1-15(16-10-12-23(13-11-16)21(24)27-2)28-18-6-9-20(22-14-18)17-4-7-19(8-5-17)29(3,25)26/h4-9,14-16H,10-13H2,1-3H3. The van der Waals surface area contributed by atoms with Crippen molar-refractivity contribution in [3.8, 4) is 17.0 Å². The number of piperidine rings is 1. The minimum absolute atomic E-state index is 0.0106. The third kappa shape index (κ3) is 5.26. The van der Waals surface area contributed by atoms with E-state index in [0.29, 0.717) is 24.8 Å². The number of benzene rings is 1. The molecular weight excluding hydrogens is 392 g/mol. The Kier molecular flexibility index (Phi) is 6.42. The number of ether oxygens (including phenoxy) is 2. The van der Waals surface area contributed by atoms with Crippen LogP contribution in [0.3, 0.4) is 0 Å². The summed E-state index contributed by atoms with van der Waals surface area (Å²) in [6.07, 6.45) is 4.34. The highest BCUT2D eigenvalue weighted by Gasteiger charge is 2.27. The second kappa shape index (κ2) is 8.82. The quantitative estimate of drug-likeness (QED) is 0.740. The Bertz CT molecular complexity index is 934. The fourth-order valence-corrected chi connectivity index (χ4v) is 4.12. The molecule has 1 saturated heterocycles. The van der Waals surface area contributed by atoms with E-state index in [1.807, 2.05) is 19.1 Å². The number of nitrogens with zero attached hydrogens (tertiary/aromatic N) is 2. The molecule has 1 aliphatic rings. The SMILES string of the molecule is COC(=O)N1CCC(C(C)Oc2ccc(-c3ccc(S(C)(=O)=O)cc3)nc2)CC1. The molecule has 2 aromatic rings. The van der Waals surface area contributed by atoms with Crippen molar-refractivity contribution in [2.75, 3.05) is 26.5 Å². The maximum Gasteiger partial charge on any atom is 0.409 e. The van der Waals surface area contributed by atoms with Crippen molar-refractivity contribution in [1.29, 1.82) is 0 Å². The number of aromatic nitrogens is 1. The van der Waals surface area contributed by atoms with Crippen LogP contribution < -0.4 is 4.74 Å². The molecule has 1 amide bonds. The first-order valence-corrected chi connectivity index (χ1v) is 11.4. The second-order valence-corrected chi connectivity index (χ2v) is 9.31. The number of carbonyl (C=O) groups is 1. The lowest BCUT2D eigenvalue weighted by Crippen LogP contribution is -2.41.